The zero-order valence-corrected chi connectivity index (χ0v) is 18.8. The first-order valence-electron chi connectivity index (χ1n) is 11.1. The largest absolute Gasteiger partial charge is 0.369 e. The predicted molar refractivity (Wildman–Crippen MR) is 124 cm³/mol. The zero-order chi connectivity index (χ0) is 22.0. The fourth-order valence-electron chi connectivity index (χ4n) is 4.43. The molecule has 3 aromatic rings. The number of imidazole rings is 1. The molecule has 8 heteroatoms. The normalized spacial score (nSPS) is 15.1. The summed E-state index contributed by atoms with van der Waals surface area (Å²) < 4.78 is 4.50. The Labute approximate surface area is 182 Å². The minimum Gasteiger partial charge on any atom is -0.369 e. The lowest BCUT2D eigenvalue weighted by molar-refractivity contribution is 0.251. The molecule has 31 heavy (non-hydrogen) atoms. The third-order valence-electron chi connectivity index (χ3n) is 6.30. The van der Waals surface area contributed by atoms with E-state index in [0.717, 1.165) is 52.0 Å². The number of fused-ring (bicyclic) bond motifs is 1. The van der Waals surface area contributed by atoms with Gasteiger partial charge in [-0.2, -0.15) is 0 Å². The van der Waals surface area contributed by atoms with Crippen LogP contribution in [0.5, 0.6) is 0 Å². The SMILES string of the molecule is Cc1cccc(N2CCN(CCCCCn3c(=O)c4c(ncn4C)n(C)c3=O)CC2)c1. The second kappa shape index (κ2) is 9.09. The number of anilines is 1. The Morgan fingerprint density at radius 3 is 2.45 bits per heavy atom. The first kappa shape index (κ1) is 21.4. The average molecular weight is 425 g/mol. The van der Waals surface area contributed by atoms with E-state index in [1.165, 1.54) is 20.4 Å². The highest BCUT2D eigenvalue weighted by Crippen LogP contribution is 2.18. The molecule has 1 aliphatic rings. The van der Waals surface area contributed by atoms with Crippen LogP contribution in [0, 0.1) is 6.92 Å². The molecule has 1 aromatic carbocycles. The van der Waals surface area contributed by atoms with Crippen LogP contribution in [0.4, 0.5) is 5.69 Å². The number of nitrogens with zero attached hydrogens (tertiary/aromatic N) is 6. The Morgan fingerprint density at radius 2 is 1.71 bits per heavy atom. The Kier molecular flexibility index (Phi) is 6.27. The van der Waals surface area contributed by atoms with Gasteiger partial charge in [0.1, 0.15) is 0 Å². The van der Waals surface area contributed by atoms with Gasteiger partial charge in [-0.05, 0) is 44.0 Å². The van der Waals surface area contributed by atoms with Gasteiger partial charge in [-0.3, -0.25) is 18.8 Å². The number of hydrogen-bond acceptors (Lipinski definition) is 5. The molecule has 2 aromatic heterocycles. The van der Waals surface area contributed by atoms with E-state index in [9.17, 15) is 9.59 Å². The molecule has 8 nitrogen and oxygen atoms in total. The van der Waals surface area contributed by atoms with Crippen LogP contribution in [0.3, 0.4) is 0 Å². The summed E-state index contributed by atoms with van der Waals surface area (Å²) >= 11 is 0. The Balaban J connectivity index is 1.25. The minimum atomic E-state index is -0.288. The molecule has 0 N–H and O–H groups in total. The molecule has 166 valence electrons. The molecule has 0 bridgehead atoms. The fourth-order valence-corrected chi connectivity index (χ4v) is 4.43. The fraction of sp³-hybridized carbons (Fsp3) is 0.522. The van der Waals surface area contributed by atoms with E-state index in [-0.39, 0.29) is 11.2 Å². The third-order valence-corrected chi connectivity index (χ3v) is 6.30. The number of hydrogen-bond donors (Lipinski definition) is 0. The lowest BCUT2D eigenvalue weighted by Gasteiger charge is -2.36. The first-order valence-corrected chi connectivity index (χ1v) is 11.1. The van der Waals surface area contributed by atoms with Crippen molar-refractivity contribution in [1.82, 2.24) is 23.6 Å². The van der Waals surface area contributed by atoms with E-state index >= 15 is 0 Å². The highest BCUT2D eigenvalue weighted by Gasteiger charge is 2.17. The van der Waals surface area contributed by atoms with E-state index in [0.29, 0.717) is 17.7 Å². The van der Waals surface area contributed by atoms with Crippen LogP contribution < -0.4 is 16.1 Å². The summed E-state index contributed by atoms with van der Waals surface area (Å²) in [4.78, 5) is 34.4. The average Bonchev–Trinajstić information content (AvgIpc) is 3.16. The maximum absolute atomic E-state index is 12.7. The van der Waals surface area contributed by atoms with Crippen molar-refractivity contribution in [3.05, 3.63) is 57.0 Å². The molecule has 4 rings (SSSR count). The van der Waals surface area contributed by atoms with E-state index in [4.69, 9.17) is 0 Å². The number of aromatic nitrogens is 4. The van der Waals surface area contributed by atoms with Gasteiger partial charge in [0.05, 0.1) is 6.33 Å². The molecule has 0 radical (unpaired) electrons. The van der Waals surface area contributed by atoms with Gasteiger partial charge in [0.25, 0.3) is 5.56 Å². The standard InChI is InChI=1S/C23H32N6O2/c1-18-8-7-9-19(16-18)28-14-12-27(13-15-28)10-5-4-6-11-29-22(30)20-21(24-17-25(20)2)26(3)23(29)31/h7-9,16-17H,4-6,10-15H2,1-3H3. The monoisotopic (exact) mass is 424 g/mol. The van der Waals surface area contributed by atoms with Crippen LogP contribution in [-0.4, -0.2) is 56.3 Å². The summed E-state index contributed by atoms with van der Waals surface area (Å²) in [5.74, 6) is 0. The predicted octanol–water partition coefficient (Wildman–Crippen LogP) is 1.73. The first-order chi connectivity index (χ1) is 15.0. The molecule has 0 spiro atoms. The highest BCUT2D eigenvalue weighted by atomic mass is 16.2. The minimum absolute atomic E-state index is 0.245. The van der Waals surface area contributed by atoms with Gasteiger partial charge in [0.15, 0.2) is 11.2 Å². The van der Waals surface area contributed by atoms with Crippen LogP contribution >= 0.6 is 0 Å². The van der Waals surface area contributed by atoms with Gasteiger partial charge < -0.3 is 9.47 Å². The maximum Gasteiger partial charge on any atom is 0.332 e. The molecule has 0 aliphatic carbocycles. The quantitative estimate of drug-likeness (QED) is 0.541. The highest BCUT2D eigenvalue weighted by molar-refractivity contribution is 5.69. The lowest BCUT2D eigenvalue weighted by Crippen LogP contribution is -2.46. The van der Waals surface area contributed by atoms with Crippen molar-refractivity contribution in [3.8, 4) is 0 Å². The van der Waals surface area contributed by atoms with Crippen LogP contribution in [0.25, 0.3) is 11.2 Å². The second-order valence-electron chi connectivity index (χ2n) is 8.55. The van der Waals surface area contributed by atoms with Crippen molar-refractivity contribution in [3.63, 3.8) is 0 Å². The summed E-state index contributed by atoms with van der Waals surface area (Å²) in [6.45, 7) is 7.91. The molecular weight excluding hydrogens is 392 g/mol. The number of unbranched alkanes of at least 4 members (excludes halogenated alkanes) is 2. The van der Waals surface area contributed by atoms with E-state index in [1.807, 2.05) is 0 Å². The van der Waals surface area contributed by atoms with Crippen molar-refractivity contribution in [2.45, 2.75) is 32.7 Å². The van der Waals surface area contributed by atoms with Gasteiger partial charge in [-0.15, -0.1) is 0 Å². The summed E-state index contributed by atoms with van der Waals surface area (Å²) in [5.41, 5.74) is 3.01. The van der Waals surface area contributed by atoms with Gasteiger partial charge >= 0.3 is 5.69 Å². The molecule has 1 aliphatic heterocycles. The van der Waals surface area contributed by atoms with E-state index < -0.39 is 0 Å². The van der Waals surface area contributed by atoms with Crippen molar-refractivity contribution in [1.29, 1.82) is 0 Å². The van der Waals surface area contributed by atoms with Crippen LogP contribution in [0.15, 0.2) is 40.2 Å². The van der Waals surface area contributed by atoms with Crippen LogP contribution in [0.1, 0.15) is 24.8 Å². The smallest absolute Gasteiger partial charge is 0.332 e. The molecule has 0 unspecified atom stereocenters. The van der Waals surface area contributed by atoms with Gasteiger partial charge in [0, 0.05) is 52.5 Å². The van der Waals surface area contributed by atoms with Crippen molar-refractivity contribution in [2.24, 2.45) is 14.1 Å². The second-order valence-corrected chi connectivity index (χ2v) is 8.55. The molecule has 0 atom stereocenters. The summed E-state index contributed by atoms with van der Waals surface area (Å²) in [6, 6.07) is 8.71. The molecule has 0 saturated carbocycles. The molecule has 1 saturated heterocycles. The zero-order valence-electron chi connectivity index (χ0n) is 18.8. The van der Waals surface area contributed by atoms with Crippen molar-refractivity contribution >= 4 is 16.9 Å². The lowest BCUT2D eigenvalue weighted by atomic mass is 10.1. The number of aryl methyl sites for hydroxylation is 3. The van der Waals surface area contributed by atoms with Crippen molar-refractivity contribution in [2.75, 3.05) is 37.6 Å². The van der Waals surface area contributed by atoms with Gasteiger partial charge in [-0.25, -0.2) is 9.78 Å². The van der Waals surface area contributed by atoms with Crippen molar-refractivity contribution < 1.29 is 0 Å². The number of rotatable bonds is 7. The maximum atomic E-state index is 12.7. The molecule has 3 heterocycles. The van der Waals surface area contributed by atoms with E-state index in [1.54, 1.807) is 25.0 Å². The number of benzene rings is 1. The number of piperazine rings is 1. The Bertz CT molecular complexity index is 1170. The molecule has 0 amide bonds. The van der Waals surface area contributed by atoms with E-state index in [2.05, 4.69) is 46.0 Å². The van der Waals surface area contributed by atoms with Crippen LogP contribution in [-0.2, 0) is 20.6 Å². The molecular formula is C23H32N6O2. The summed E-state index contributed by atoms with van der Waals surface area (Å²) in [5, 5.41) is 0. The summed E-state index contributed by atoms with van der Waals surface area (Å²) in [6.07, 6.45) is 4.47. The van der Waals surface area contributed by atoms with Crippen LogP contribution in [0.2, 0.25) is 0 Å². The Hall–Kier alpha value is -2.87. The van der Waals surface area contributed by atoms with Gasteiger partial charge in [-0.1, -0.05) is 18.6 Å². The third kappa shape index (κ3) is 4.44. The Morgan fingerprint density at radius 1 is 0.968 bits per heavy atom. The molecule has 1 fully saturated rings. The van der Waals surface area contributed by atoms with Gasteiger partial charge in [0.2, 0.25) is 0 Å². The topological polar surface area (TPSA) is 68.3 Å². The summed E-state index contributed by atoms with van der Waals surface area (Å²) in [7, 11) is 3.45.